The maximum Gasteiger partial charge on any atom is 0.0249 e. The molecule has 0 spiro atoms. The van der Waals surface area contributed by atoms with E-state index in [1.165, 1.54) is 30.4 Å². The van der Waals surface area contributed by atoms with Crippen LogP contribution in [-0.4, -0.2) is 0 Å². The second-order valence-corrected chi connectivity index (χ2v) is 4.92. The van der Waals surface area contributed by atoms with Crippen molar-refractivity contribution >= 4 is 0 Å². The van der Waals surface area contributed by atoms with Gasteiger partial charge in [-0.15, -0.1) is 0 Å². The van der Waals surface area contributed by atoms with Gasteiger partial charge >= 0.3 is 0 Å². The molecule has 0 aromatic heterocycles. The van der Waals surface area contributed by atoms with E-state index >= 15 is 0 Å². The van der Waals surface area contributed by atoms with Gasteiger partial charge in [0, 0.05) is 11.1 Å². The van der Waals surface area contributed by atoms with Crippen molar-refractivity contribution in [2.45, 2.75) is 33.1 Å². The summed E-state index contributed by atoms with van der Waals surface area (Å²) in [4.78, 5) is 0. The Hall–Kier alpha value is -2.00. The Morgan fingerprint density at radius 1 is 0.789 bits per heavy atom. The van der Waals surface area contributed by atoms with Crippen molar-refractivity contribution in [3.63, 3.8) is 0 Å². The third-order valence-electron chi connectivity index (χ3n) is 3.18. The molecule has 96 valence electrons. The van der Waals surface area contributed by atoms with E-state index in [9.17, 15) is 0 Å². The average molecular weight is 248 g/mol. The van der Waals surface area contributed by atoms with E-state index in [4.69, 9.17) is 0 Å². The summed E-state index contributed by atoms with van der Waals surface area (Å²) in [5.41, 5.74) is 4.83. The van der Waals surface area contributed by atoms with Crippen LogP contribution in [0, 0.1) is 18.8 Å². The van der Waals surface area contributed by atoms with Gasteiger partial charge in [0.15, 0.2) is 0 Å². The lowest BCUT2D eigenvalue weighted by molar-refractivity contribution is 0.795. The first-order valence-corrected chi connectivity index (χ1v) is 6.95. The van der Waals surface area contributed by atoms with Gasteiger partial charge in [-0.05, 0) is 49.6 Å². The monoisotopic (exact) mass is 248 g/mol. The second kappa shape index (κ2) is 6.81. The standard InChI is InChI=1S/C19H20/c1-3-4-5-17-10-12-19(13-11-17)15-14-18-8-6-16(2)7-9-18/h6-13H,3-5H2,1-2H3. The lowest BCUT2D eigenvalue weighted by Crippen LogP contribution is -1.84. The van der Waals surface area contributed by atoms with Gasteiger partial charge < -0.3 is 0 Å². The van der Waals surface area contributed by atoms with Crippen LogP contribution >= 0.6 is 0 Å². The van der Waals surface area contributed by atoms with Crippen molar-refractivity contribution in [2.24, 2.45) is 0 Å². The number of unbranched alkanes of at least 4 members (excludes halogenated alkanes) is 1. The van der Waals surface area contributed by atoms with Crippen molar-refractivity contribution in [1.82, 2.24) is 0 Å². The third-order valence-corrected chi connectivity index (χ3v) is 3.18. The smallest absolute Gasteiger partial charge is 0.0249 e. The van der Waals surface area contributed by atoms with E-state index in [1.807, 2.05) is 0 Å². The molecule has 0 saturated heterocycles. The highest BCUT2D eigenvalue weighted by Crippen LogP contribution is 2.07. The number of benzene rings is 2. The van der Waals surface area contributed by atoms with Crippen molar-refractivity contribution in [3.05, 3.63) is 70.8 Å². The van der Waals surface area contributed by atoms with Gasteiger partial charge in [0.1, 0.15) is 0 Å². The number of rotatable bonds is 3. The molecule has 0 bridgehead atoms. The molecule has 0 radical (unpaired) electrons. The summed E-state index contributed by atoms with van der Waals surface area (Å²) in [6, 6.07) is 16.9. The maximum atomic E-state index is 3.21. The molecule has 0 unspecified atom stereocenters. The highest BCUT2D eigenvalue weighted by molar-refractivity contribution is 5.43. The predicted octanol–water partition coefficient (Wildman–Crippen LogP) is 4.74. The fourth-order valence-electron chi connectivity index (χ4n) is 1.92. The van der Waals surface area contributed by atoms with Crippen LogP contribution in [0.25, 0.3) is 0 Å². The average Bonchev–Trinajstić information content (AvgIpc) is 2.46. The minimum atomic E-state index is 1.07. The molecule has 0 N–H and O–H groups in total. The Labute approximate surface area is 116 Å². The lowest BCUT2D eigenvalue weighted by Gasteiger charge is -1.99. The molecule has 0 heterocycles. The molecule has 0 saturated carbocycles. The number of hydrogen-bond acceptors (Lipinski definition) is 0. The number of hydrogen-bond donors (Lipinski definition) is 0. The van der Waals surface area contributed by atoms with Gasteiger partial charge in [-0.2, -0.15) is 0 Å². The molecule has 0 aliphatic carbocycles. The Kier molecular flexibility index (Phi) is 4.81. The second-order valence-electron chi connectivity index (χ2n) is 4.92. The van der Waals surface area contributed by atoms with Crippen LogP contribution in [0.2, 0.25) is 0 Å². The van der Waals surface area contributed by atoms with E-state index in [2.05, 4.69) is 74.2 Å². The first kappa shape index (κ1) is 13.4. The largest absolute Gasteiger partial charge is 0.0654 e. The minimum absolute atomic E-state index is 1.07. The third kappa shape index (κ3) is 4.30. The molecule has 0 fully saturated rings. The summed E-state index contributed by atoms with van der Waals surface area (Å²) in [7, 11) is 0. The zero-order chi connectivity index (χ0) is 13.5. The van der Waals surface area contributed by atoms with Gasteiger partial charge in [-0.25, -0.2) is 0 Å². The van der Waals surface area contributed by atoms with Gasteiger partial charge in [0.05, 0.1) is 0 Å². The van der Waals surface area contributed by atoms with Gasteiger partial charge in [-0.3, -0.25) is 0 Å². The molecule has 2 aromatic rings. The fraction of sp³-hybridized carbons (Fsp3) is 0.263. The van der Waals surface area contributed by atoms with Crippen molar-refractivity contribution < 1.29 is 0 Å². The highest BCUT2D eigenvalue weighted by Gasteiger charge is 1.92. The van der Waals surface area contributed by atoms with E-state index in [-0.39, 0.29) is 0 Å². The first-order valence-electron chi connectivity index (χ1n) is 6.95. The van der Waals surface area contributed by atoms with Crippen LogP contribution < -0.4 is 0 Å². The maximum absolute atomic E-state index is 3.21. The topological polar surface area (TPSA) is 0 Å². The number of aryl methyl sites for hydroxylation is 2. The van der Waals surface area contributed by atoms with Crippen molar-refractivity contribution in [3.8, 4) is 11.8 Å². The fourth-order valence-corrected chi connectivity index (χ4v) is 1.92. The summed E-state index contributed by atoms with van der Waals surface area (Å²) in [6.45, 7) is 4.31. The molecule has 2 aromatic carbocycles. The molecule has 0 aliphatic heterocycles. The molecular formula is C19H20. The SMILES string of the molecule is CCCCc1ccc(C#Cc2ccc(C)cc2)cc1. The van der Waals surface area contributed by atoms with Crippen LogP contribution in [0.3, 0.4) is 0 Å². The molecule has 0 atom stereocenters. The summed E-state index contributed by atoms with van der Waals surface area (Å²) in [5.74, 6) is 6.41. The van der Waals surface area contributed by atoms with E-state index in [1.54, 1.807) is 0 Å². The molecule has 19 heavy (non-hydrogen) atoms. The van der Waals surface area contributed by atoms with Crippen molar-refractivity contribution in [2.75, 3.05) is 0 Å². The van der Waals surface area contributed by atoms with E-state index in [0.717, 1.165) is 11.1 Å². The zero-order valence-electron chi connectivity index (χ0n) is 11.7. The summed E-state index contributed by atoms with van der Waals surface area (Å²) < 4.78 is 0. The lowest BCUT2D eigenvalue weighted by atomic mass is 10.1. The molecule has 0 nitrogen and oxygen atoms in total. The first-order chi connectivity index (χ1) is 9.28. The molecule has 0 heteroatoms. The van der Waals surface area contributed by atoms with Crippen LogP contribution in [0.5, 0.6) is 0 Å². The van der Waals surface area contributed by atoms with Gasteiger partial charge in [0.2, 0.25) is 0 Å². The van der Waals surface area contributed by atoms with Crippen LogP contribution in [-0.2, 0) is 6.42 Å². The van der Waals surface area contributed by atoms with Crippen LogP contribution in [0.4, 0.5) is 0 Å². The molecule has 0 amide bonds. The quantitative estimate of drug-likeness (QED) is 0.688. The highest BCUT2D eigenvalue weighted by atomic mass is 14.0. The molecular weight excluding hydrogens is 228 g/mol. The van der Waals surface area contributed by atoms with Crippen molar-refractivity contribution in [1.29, 1.82) is 0 Å². The Balaban J connectivity index is 2.05. The predicted molar refractivity (Wildman–Crippen MR) is 82.2 cm³/mol. The zero-order valence-corrected chi connectivity index (χ0v) is 11.7. The minimum Gasteiger partial charge on any atom is -0.0654 e. The normalized spacial score (nSPS) is 9.79. The van der Waals surface area contributed by atoms with Crippen LogP contribution in [0.1, 0.15) is 42.0 Å². The molecule has 0 aliphatic rings. The van der Waals surface area contributed by atoms with E-state index < -0.39 is 0 Å². The summed E-state index contributed by atoms with van der Waals surface area (Å²) in [5, 5.41) is 0. The Morgan fingerprint density at radius 2 is 1.32 bits per heavy atom. The van der Waals surface area contributed by atoms with Gasteiger partial charge in [0.25, 0.3) is 0 Å². The van der Waals surface area contributed by atoms with E-state index in [0.29, 0.717) is 0 Å². The van der Waals surface area contributed by atoms with Crippen LogP contribution in [0.15, 0.2) is 48.5 Å². The van der Waals surface area contributed by atoms with Gasteiger partial charge in [-0.1, -0.05) is 55.0 Å². The Bertz CT molecular complexity index is 562. The summed E-state index contributed by atoms with van der Waals surface area (Å²) in [6.07, 6.45) is 3.67. The Morgan fingerprint density at radius 3 is 1.84 bits per heavy atom. The summed E-state index contributed by atoms with van der Waals surface area (Å²) >= 11 is 0. The molecule has 2 rings (SSSR count).